The molecule has 0 saturated carbocycles. The van der Waals surface area contributed by atoms with Crippen molar-refractivity contribution in [2.45, 2.75) is 25.7 Å². The van der Waals surface area contributed by atoms with Gasteiger partial charge in [0.1, 0.15) is 0 Å². The van der Waals surface area contributed by atoms with E-state index < -0.39 is 5.97 Å². The summed E-state index contributed by atoms with van der Waals surface area (Å²) in [5.41, 5.74) is 0. The number of hydrogen-bond acceptors (Lipinski definition) is 1. The van der Waals surface area contributed by atoms with Crippen molar-refractivity contribution in [2.75, 3.05) is 5.33 Å². The molecule has 0 atom stereocenters. The first-order valence-electron chi connectivity index (χ1n) is 3.70. The second-order valence-electron chi connectivity index (χ2n) is 2.24. The largest absolute Gasteiger partial charge is 0.481 e. The van der Waals surface area contributed by atoms with Crippen LogP contribution in [0.5, 0.6) is 0 Å². The van der Waals surface area contributed by atoms with E-state index in [2.05, 4.69) is 22.0 Å². The number of rotatable bonds is 6. The van der Waals surface area contributed by atoms with Gasteiger partial charge >= 0.3 is 5.97 Å². The molecule has 3 heteroatoms. The van der Waals surface area contributed by atoms with Gasteiger partial charge in [0.25, 0.3) is 0 Å². The van der Waals surface area contributed by atoms with E-state index in [0.29, 0.717) is 0 Å². The summed E-state index contributed by atoms with van der Waals surface area (Å²) in [4.78, 5) is 10.1. The Morgan fingerprint density at radius 2 is 2.00 bits per heavy atom. The normalized spacial score (nSPS) is 10.6. The van der Waals surface area contributed by atoms with E-state index in [1.165, 1.54) is 0 Å². The minimum Gasteiger partial charge on any atom is -0.481 e. The van der Waals surface area contributed by atoms with E-state index in [4.69, 9.17) is 5.11 Å². The predicted molar refractivity (Wildman–Crippen MR) is 49.0 cm³/mol. The molecule has 0 spiro atoms. The number of carboxylic acids is 1. The van der Waals surface area contributed by atoms with Gasteiger partial charge in [0.05, 0.1) is 0 Å². The highest BCUT2D eigenvalue weighted by Gasteiger charge is 1.92. The van der Waals surface area contributed by atoms with Crippen LogP contribution in [-0.2, 0) is 4.79 Å². The number of alkyl halides is 1. The summed E-state index contributed by atoms with van der Waals surface area (Å²) >= 11 is 3.30. The Labute approximate surface area is 75.4 Å². The van der Waals surface area contributed by atoms with Crippen LogP contribution in [0, 0.1) is 0 Å². The Morgan fingerprint density at radius 3 is 2.55 bits per heavy atom. The lowest BCUT2D eigenvalue weighted by Crippen LogP contribution is -1.92. The van der Waals surface area contributed by atoms with Crippen LogP contribution in [-0.4, -0.2) is 16.4 Å². The Kier molecular flexibility index (Phi) is 7.57. The van der Waals surface area contributed by atoms with E-state index >= 15 is 0 Å². The summed E-state index contributed by atoms with van der Waals surface area (Å²) in [6.45, 7) is 0. The van der Waals surface area contributed by atoms with Gasteiger partial charge in [0.2, 0.25) is 0 Å². The lowest BCUT2D eigenvalue weighted by molar-refractivity contribution is -0.137. The Hall–Kier alpha value is -0.310. The molecule has 11 heavy (non-hydrogen) atoms. The highest BCUT2D eigenvalue weighted by molar-refractivity contribution is 9.09. The lowest BCUT2D eigenvalue weighted by Gasteiger charge is -1.89. The number of allylic oxidation sites excluding steroid dienone is 2. The number of aliphatic carboxylic acids is 1. The van der Waals surface area contributed by atoms with Crippen LogP contribution < -0.4 is 0 Å². The summed E-state index contributed by atoms with van der Waals surface area (Å²) in [6.07, 6.45) is 7.01. The van der Waals surface area contributed by atoms with Gasteiger partial charge < -0.3 is 5.11 Å². The topological polar surface area (TPSA) is 37.3 Å². The third kappa shape index (κ3) is 9.69. The molecule has 0 aromatic rings. The van der Waals surface area contributed by atoms with E-state index in [-0.39, 0.29) is 6.42 Å². The van der Waals surface area contributed by atoms with Crippen molar-refractivity contribution in [1.29, 1.82) is 0 Å². The molecule has 0 saturated heterocycles. The van der Waals surface area contributed by atoms with Crippen LogP contribution in [0.2, 0.25) is 0 Å². The van der Waals surface area contributed by atoms with Crippen LogP contribution in [0.4, 0.5) is 0 Å². The summed E-state index contributed by atoms with van der Waals surface area (Å²) in [6, 6.07) is 0. The van der Waals surface area contributed by atoms with Crippen molar-refractivity contribution in [2.24, 2.45) is 0 Å². The number of carboxylic acid groups (broad SMARTS) is 1. The fourth-order valence-corrected chi connectivity index (χ4v) is 0.934. The number of unbranched alkanes of at least 4 members (excludes halogenated alkanes) is 1. The smallest absolute Gasteiger partial charge is 0.303 e. The molecule has 1 N–H and O–H groups in total. The molecule has 0 heterocycles. The molecule has 2 nitrogen and oxygen atoms in total. The first kappa shape index (κ1) is 10.7. The maximum atomic E-state index is 10.1. The zero-order chi connectivity index (χ0) is 8.53. The molecule has 0 aliphatic heterocycles. The summed E-state index contributed by atoms with van der Waals surface area (Å²) in [5.74, 6) is -0.709. The zero-order valence-corrected chi connectivity index (χ0v) is 8.01. The van der Waals surface area contributed by atoms with Gasteiger partial charge in [-0.25, -0.2) is 0 Å². The minimum atomic E-state index is -0.709. The van der Waals surface area contributed by atoms with Crippen LogP contribution in [0.1, 0.15) is 25.7 Å². The predicted octanol–water partition coefficient (Wildman–Crippen LogP) is 2.58. The van der Waals surface area contributed by atoms with Crippen molar-refractivity contribution < 1.29 is 9.90 Å². The van der Waals surface area contributed by atoms with E-state index in [9.17, 15) is 4.79 Å². The molecule has 0 radical (unpaired) electrons. The molecule has 0 rings (SSSR count). The van der Waals surface area contributed by atoms with Gasteiger partial charge in [-0.2, -0.15) is 0 Å². The summed E-state index contributed by atoms with van der Waals surface area (Å²) in [5, 5.41) is 9.26. The van der Waals surface area contributed by atoms with Gasteiger partial charge in [-0.3, -0.25) is 4.79 Å². The third-order valence-electron chi connectivity index (χ3n) is 1.20. The highest BCUT2D eigenvalue weighted by atomic mass is 79.9. The Bertz CT molecular complexity index is 132. The molecule has 0 unspecified atom stereocenters. The molecule has 0 aromatic carbocycles. The van der Waals surface area contributed by atoms with Gasteiger partial charge in [-0.15, -0.1) is 0 Å². The summed E-state index contributed by atoms with van der Waals surface area (Å²) in [7, 11) is 0. The van der Waals surface area contributed by atoms with Crippen LogP contribution >= 0.6 is 15.9 Å². The molecule has 64 valence electrons. The SMILES string of the molecule is O=C(O)CCC/C=C\CCBr. The average Bonchev–Trinajstić information content (AvgIpc) is 1.96. The second kappa shape index (κ2) is 7.79. The number of halogens is 1. The quantitative estimate of drug-likeness (QED) is 0.425. The minimum absolute atomic E-state index is 0.276. The van der Waals surface area contributed by atoms with Gasteiger partial charge in [-0.1, -0.05) is 28.1 Å². The first-order valence-corrected chi connectivity index (χ1v) is 4.82. The Morgan fingerprint density at radius 1 is 1.36 bits per heavy atom. The molecular weight excluding hydrogens is 208 g/mol. The molecule has 0 aliphatic carbocycles. The first-order chi connectivity index (χ1) is 5.27. The van der Waals surface area contributed by atoms with Crippen molar-refractivity contribution in [3.63, 3.8) is 0 Å². The molecule has 0 aromatic heterocycles. The van der Waals surface area contributed by atoms with Gasteiger partial charge in [-0.05, 0) is 19.3 Å². The number of carbonyl (C=O) groups is 1. The molecule has 0 amide bonds. The van der Waals surface area contributed by atoms with Crippen molar-refractivity contribution in [3.05, 3.63) is 12.2 Å². The maximum Gasteiger partial charge on any atom is 0.303 e. The fourth-order valence-electron chi connectivity index (χ4n) is 0.670. The zero-order valence-electron chi connectivity index (χ0n) is 6.42. The molecule has 0 aliphatic rings. The van der Waals surface area contributed by atoms with Crippen LogP contribution in [0.15, 0.2) is 12.2 Å². The standard InChI is InChI=1S/C8H13BrO2/c9-7-5-3-1-2-4-6-8(10)11/h1,3H,2,4-7H2,(H,10,11)/b3-1-. The monoisotopic (exact) mass is 220 g/mol. The van der Waals surface area contributed by atoms with E-state index in [1.807, 2.05) is 6.08 Å². The van der Waals surface area contributed by atoms with Crippen molar-refractivity contribution >= 4 is 21.9 Å². The maximum absolute atomic E-state index is 10.1. The Balaban J connectivity index is 3.07. The van der Waals surface area contributed by atoms with Crippen molar-refractivity contribution in [1.82, 2.24) is 0 Å². The third-order valence-corrected chi connectivity index (χ3v) is 1.66. The molecular formula is C8H13BrO2. The summed E-state index contributed by atoms with van der Waals surface area (Å²) < 4.78 is 0. The van der Waals surface area contributed by atoms with Gasteiger partial charge in [0.15, 0.2) is 0 Å². The molecule has 0 bridgehead atoms. The van der Waals surface area contributed by atoms with E-state index in [1.54, 1.807) is 0 Å². The van der Waals surface area contributed by atoms with Crippen LogP contribution in [0.25, 0.3) is 0 Å². The average molecular weight is 221 g/mol. The molecule has 0 fully saturated rings. The fraction of sp³-hybridized carbons (Fsp3) is 0.625. The van der Waals surface area contributed by atoms with Crippen LogP contribution in [0.3, 0.4) is 0 Å². The second-order valence-corrected chi connectivity index (χ2v) is 3.03. The van der Waals surface area contributed by atoms with E-state index in [0.717, 1.165) is 24.6 Å². The number of hydrogen-bond donors (Lipinski definition) is 1. The van der Waals surface area contributed by atoms with Gasteiger partial charge in [0, 0.05) is 11.8 Å². The lowest BCUT2D eigenvalue weighted by atomic mass is 10.2. The van der Waals surface area contributed by atoms with Crippen molar-refractivity contribution in [3.8, 4) is 0 Å². The highest BCUT2D eigenvalue weighted by Crippen LogP contribution is 1.98.